The molecule has 0 aromatic heterocycles. The van der Waals surface area contributed by atoms with Gasteiger partial charge in [0, 0.05) is 12.1 Å². The summed E-state index contributed by atoms with van der Waals surface area (Å²) in [4.78, 5) is 10.5. The second kappa shape index (κ2) is 4.09. The molecule has 0 saturated carbocycles. The summed E-state index contributed by atoms with van der Waals surface area (Å²) in [6, 6.07) is 3.56. The van der Waals surface area contributed by atoms with Crippen molar-refractivity contribution in [1.82, 2.24) is 5.32 Å². The number of benzene rings is 1. The Labute approximate surface area is 93.6 Å². The van der Waals surface area contributed by atoms with Crippen molar-refractivity contribution in [3.05, 3.63) is 33.4 Å². The van der Waals surface area contributed by atoms with E-state index in [4.69, 9.17) is 4.74 Å². The van der Waals surface area contributed by atoms with Gasteiger partial charge in [0.1, 0.15) is 0 Å². The number of hydrogen-bond donors (Lipinski definition) is 1. The number of nitro groups is 1. The zero-order valence-corrected chi connectivity index (χ0v) is 9.32. The summed E-state index contributed by atoms with van der Waals surface area (Å²) in [5.74, 6) is 0.345. The van der Waals surface area contributed by atoms with Crippen LogP contribution in [0.25, 0.3) is 0 Å². The smallest absolute Gasteiger partial charge is 0.311 e. The molecule has 1 heterocycles. The van der Waals surface area contributed by atoms with Crippen LogP contribution in [-0.4, -0.2) is 18.6 Å². The Morgan fingerprint density at radius 1 is 1.56 bits per heavy atom. The van der Waals surface area contributed by atoms with E-state index in [1.807, 2.05) is 6.92 Å². The number of methoxy groups -OCH3 is 1. The molecule has 5 nitrogen and oxygen atoms in total. The highest BCUT2D eigenvalue weighted by atomic mass is 16.6. The Morgan fingerprint density at radius 3 is 2.94 bits per heavy atom. The maximum Gasteiger partial charge on any atom is 0.311 e. The Hall–Kier alpha value is -1.62. The Morgan fingerprint density at radius 2 is 2.31 bits per heavy atom. The lowest BCUT2D eigenvalue weighted by molar-refractivity contribution is -0.385. The van der Waals surface area contributed by atoms with Gasteiger partial charge in [0.15, 0.2) is 5.75 Å². The molecule has 86 valence electrons. The highest BCUT2D eigenvalue weighted by Crippen LogP contribution is 2.34. The van der Waals surface area contributed by atoms with Gasteiger partial charge in [-0.25, -0.2) is 0 Å². The van der Waals surface area contributed by atoms with E-state index in [0.717, 1.165) is 24.1 Å². The summed E-state index contributed by atoms with van der Waals surface area (Å²) >= 11 is 0. The van der Waals surface area contributed by atoms with Crippen molar-refractivity contribution in [3.8, 4) is 5.75 Å². The monoisotopic (exact) mass is 222 g/mol. The van der Waals surface area contributed by atoms with E-state index in [0.29, 0.717) is 5.75 Å². The third-order valence-electron chi connectivity index (χ3n) is 2.95. The number of nitrogens with one attached hydrogen (secondary N) is 1. The maximum atomic E-state index is 10.9. The summed E-state index contributed by atoms with van der Waals surface area (Å²) in [6.07, 6.45) is 0.883. The van der Waals surface area contributed by atoms with Crippen molar-refractivity contribution in [3.63, 3.8) is 0 Å². The summed E-state index contributed by atoms with van der Waals surface area (Å²) in [5.41, 5.74) is 2.17. The van der Waals surface area contributed by atoms with Crippen LogP contribution in [0.15, 0.2) is 12.1 Å². The van der Waals surface area contributed by atoms with Gasteiger partial charge in [-0.1, -0.05) is 0 Å². The first-order chi connectivity index (χ1) is 7.63. The van der Waals surface area contributed by atoms with E-state index in [-0.39, 0.29) is 11.7 Å². The van der Waals surface area contributed by atoms with Crippen LogP contribution in [0.2, 0.25) is 0 Å². The number of hydrogen-bond acceptors (Lipinski definition) is 4. The number of nitro benzene ring substituents is 1. The first kappa shape index (κ1) is 10.9. The third-order valence-corrected chi connectivity index (χ3v) is 2.95. The molecule has 1 atom stereocenters. The molecule has 1 unspecified atom stereocenters. The first-order valence-electron chi connectivity index (χ1n) is 5.22. The van der Waals surface area contributed by atoms with E-state index in [1.165, 1.54) is 7.11 Å². The zero-order valence-electron chi connectivity index (χ0n) is 9.32. The van der Waals surface area contributed by atoms with Crippen molar-refractivity contribution in [2.24, 2.45) is 0 Å². The fourth-order valence-corrected chi connectivity index (χ4v) is 2.09. The first-order valence-corrected chi connectivity index (χ1v) is 5.22. The molecule has 0 saturated heterocycles. The minimum absolute atomic E-state index is 0.0387. The second-order valence-electron chi connectivity index (χ2n) is 3.91. The lowest BCUT2D eigenvalue weighted by Crippen LogP contribution is -2.27. The SMILES string of the molecule is COc1cc2c(cc1[N+](=O)[O-])C(C)NCC2. The van der Waals surface area contributed by atoms with Gasteiger partial charge in [-0.05, 0) is 37.1 Å². The molecule has 1 aromatic carbocycles. The number of fused-ring (bicyclic) bond motifs is 1. The molecule has 0 spiro atoms. The van der Waals surface area contributed by atoms with Crippen LogP contribution in [0.1, 0.15) is 24.1 Å². The summed E-state index contributed by atoms with van der Waals surface area (Å²) in [7, 11) is 1.46. The predicted octanol–water partition coefficient (Wildman–Crippen LogP) is 1.81. The molecule has 0 radical (unpaired) electrons. The minimum atomic E-state index is -0.402. The average molecular weight is 222 g/mol. The third kappa shape index (κ3) is 1.74. The standard InChI is InChI=1S/C11H14N2O3/c1-7-9-6-10(13(14)15)11(16-2)5-8(9)3-4-12-7/h5-7,12H,3-4H2,1-2H3. The molecule has 1 aromatic rings. The van der Waals surface area contributed by atoms with Gasteiger partial charge in [-0.2, -0.15) is 0 Å². The zero-order chi connectivity index (χ0) is 11.7. The van der Waals surface area contributed by atoms with Crippen LogP contribution in [-0.2, 0) is 6.42 Å². The van der Waals surface area contributed by atoms with E-state index >= 15 is 0 Å². The van der Waals surface area contributed by atoms with Gasteiger partial charge in [-0.3, -0.25) is 10.1 Å². The van der Waals surface area contributed by atoms with Gasteiger partial charge in [0.2, 0.25) is 0 Å². The molecular formula is C11H14N2O3. The summed E-state index contributed by atoms with van der Waals surface area (Å²) in [6.45, 7) is 2.91. The minimum Gasteiger partial charge on any atom is -0.490 e. The lowest BCUT2D eigenvalue weighted by Gasteiger charge is -2.24. The molecule has 1 aliphatic rings. The molecule has 2 rings (SSSR count). The number of rotatable bonds is 2. The Kier molecular flexibility index (Phi) is 2.78. The lowest BCUT2D eigenvalue weighted by atomic mass is 9.94. The Bertz CT molecular complexity index is 431. The van der Waals surface area contributed by atoms with Crippen LogP contribution < -0.4 is 10.1 Å². The number of nitrogens with zero attached hydrogens (tertiary/aromatic N) is 1. The van der Waals surface area contributed by atoms with Crippen LogP contribution >= 0.6 is 0 Å². The second-order valence-corrected chi connectivity index (χ2v) is 3.91. The van der Waals surface area contributed by atoms with Crippen molar-refractivity contribution < 1.29 is 9.66 Å². The van der Waals surface area contributed by atoms with Crippen molar-refractivity contribution in [2.75, 3.05) is 13.7 Å². The molecular weight excluding hydrogens is 208 g/mol. The molecule has 5 heteroatoms. The summed E-state index contributed by atoms with van der Waals surface area (Å²) in [5, 5.41) is 14.2. The van der Waals surface area contributed by atoms with Gasteiger partial charge >= 0.3 is 5.69 Å². The van der Waals surface area contributed by atoms with Crippen LogP contribution in [0, 0.1) is 10.1 Å². The average Bonchev–Trinajstić information content (AvgIpc) is 2.27. The molecule has 0 amide bonds. The van der Waals surface area contributed by atoms with Crippen LogP contribution in [0.5, 0.6) is 5.75 Å². The molecule has 0 fully saturated rings. The topological polar surface area (TPSA) is 64.4 Å². The van der Waals surface area contributed by atoms with Crippen LogP contribution in [0.4, 0.5) is 5.69 Å². The van der Waals surface area contributed by atoms with E-state index in [1.54, 1.807) is 12.1 Å². The largest absolute Gasteiger partial charge is 0.490 e. The van der Waals surface area contributed by atoms with Crippen molar-refractivity contribution in [1.29, 1.82) is 0 Å². The molecule has 0 bridgehead atoms. The van der Waals surface area contributed by atoms with Crippen molar-refractivity contribution in [2.45, 2.75) is 19.4 Å². The molecule has 1 N–H and O–H groups in total. The maximum absolute atomic E-state index is 10.9. The Balaban J connectivity index is 2.55. The fraction of sp³-hybridized carbons (Fsp3) is 0.455. The van der Waals surface area contributed by atoms with E-state index in [9.17, 15) is 10.1 Å². The van der Waals surface area contributed by atoms with Gasteiger partial charge in [-0.15, -0.1) is 0 Å². The normalized spacial score (nSPS) is 19.0. The van der Waals surface area contributed by atoms with E-state index in [2.05, 4.69) is 5.32 Å². The quantitative estimate of drug-likeness (QED) is 0.612. The highest BCUT2D eigenvalue weighted by Gasteiger charge is 2.23. The molecule has 1 aliphatic heterocycles. The van der Waals surface area contributed by atoms with Gasteiger partial charge < -0.3 is 10.1 Å². The highest BCUT2D eigenvalue weighted by molar-refractivity contribution is 5.53. The fourth-order valence-electron chi connectivity index (χ4n) is 2.09. The van der Waals surface area contributed by atoms with Gasteiger partial charge in [0.05, 0.1) is 12.0 Å². The van der Waals surface area contributed by atoms with Crippen LogP contribution in [0.3, 0.4) is 0 Å². The van der Waals surface area contributed by atoms with Gasteiger partial charge in [0.25, 0.3) is 0 Å². The summed E-state index contributed by atoms with van der Waals surface area (Å²) < 4.78 is 5.05. The molecule has 0 aliphatic carbocycles. The molecule has 16 heavy (non-hydrogen) atoms. The number of ether oxygens (including phenoxy) is 1. The van der Waals surface area contributed by atoms with E-state index < -0.39 is 4.92 Å². The predicted molar refractivity (Wildman–Crippen MR) is 59.8 cm³/mol. The van der Waals surface area contributed by atoms with Crippen molar-refractivity contribution >= 4 is 5.69 Å².